The van der Waals surface area contributed by atoms with Crippen LogP contribution in [0.5, 0.6) is 0 Å². The zero-order chi connectivity index (χ0) is 8.69. The number of carboxylic acids is 1. The average Bonchev–Trinajstić information content (AvgIpc) is 1.97. The third kappa shape index (κ3) is 7.70. The Morgan fingerprint density at radius 2 is 2.08 bits per heavy atom. The Morgan fingerprint density at radius 1 is 1.50 bits per heavy atom. The maximum atomic E-state index is 10.4. The first kappa shape index (κ1) is 15.5. The van der Waals surface area contributed by atoms with Crippen LogP contribution in [0, 0.1) is 0 Å². The molecule has 12 heavy (non-hydrogen) atoms. The van der Waals surface area contributed by atoms with E-state index in [1.807, 2.05) is 6.92 Å². The van der Waals surface area contributed by atoms with Crippen molar-refractivity contribution in [2.45, 2.75) is 39.2 Å². The molecule has 4 heteroatoms. The third-order valence-electron chi connectivity index (χ3n) is 1.45. The van der Waals surface area contributed by atoms with Crippen molar-refractivity contribution in [1.82, 2.24) is 0 Å². The van der Waals surface area contributed by atoms with Crippen LogP contribution < -0.4 is 56.5 Å². The predicted octanol–water partition coefficient (Wildman–Crippen LogP) is -2.66. The van der Waals surface area contributed by atoms with Crippen LogP contribution in [0.25, 0.3) is 0 Å². The Morgan fingerprint density at radius 3 is 2.42 bits per heavy atom. The van der Waals surface area contributed by atoms with Crippen LogP contribution in [-0.2, 0) is 9.53 Å². The van der Waals surface area contributed by atoms with Crippen molar-refractivity contribution in [3.8, 4) is 0 Å². The Bertz CT molecular complexity index is 117. The van der Waals surface area contributed by atoms with Crippen molar-refractivity contribution in [3.05, 3.63) is 0 Å². The van der Waals surface area contributed by atoms with Gasteiger partial charge in [-0.05, 0) is 13.3 Å². The second-order valence-electron chi connectivity index (χ2n) is 2.41. The number of hydrogen-bond donors (Lipinski definition) is 0. The number of rotatable bonds is 6. The van der Waals surface area contributed by atoms with Gasteiger partial charge in [0, 0.05) is 6.61 Å². The number of carboxylic acid groups (broad SMARTS) is 1. The first-order chi connectivity index (χ1) is 5.22. The van der Waals surface area contributed by atoms with E-state index in [-0.39, 0.29) is 51.4 Å². The minimum absolute atomic E-state index is 0. The quantitative estimate of drug-likeness (QED) is 0.438. The van der Waals surface area contributed by atoms with E-state index in [1.165, 1.54) is 0 Å². The Balaban J connectivity index is 0. The Kier molecular flexibility index (Phi) is 13.1. The molecule has 66 valence electrons. The predicted molar refractivity (Wildman–Crippen MR) is 39.9 cm³/mol. The number of ether oxygens (including phenoxy) is 1. The summed E-state index contributed by atoms with van der Waals surface area (Å²) in [5.74, 6) is -1.10. The van der Waals surface area contributed by atoms with E-state index >= 15 is 0 Å². The Labute approximate surface area is 116 Å². The Hall–Kier alpha value is 1.07. The summed E-state index contributed by atoms with van der Waals surface area (Å²) in [5.41, 5.74) is 0. The van der Waals surface area contributed by atoms with E-state index in [0.717, 1.165) is 12.8 Å². The maximum absolute atomic E-state index is 10.4. The van der Waals surface area contributed by atoms with Crippen molar-refractivity contribution in [2.75, 3.05) is 6.61 Å². The molecule has 0 spiro atoms. The summed E-state index contributed by atoms with van der Waals surface area (Å²) >= 11 is 0. The van der Waals surface area contributed by atoms with Crippen LogP contribution in [0.1, 0.15) is 33.1 Å². The molecule has 1 atom stereocenters. The summed E-state index contributed by atoms with van der Waals surface area (Å²) in [6.45, 7) is 4.22. The van der Waals surface area contributed by atoms with Gasteiger partial charge in [0.05, 0.1) is 12.1 Å². The number of carbonyl (C=O) groups excluding carboxylic acids is 1. The SMILES string of the molecule is CCCCC(OCC)C(=O)[O-].[K+]. The first-order valence-corrected chi connectivity index (χ1v) is 4.04. The van der Waals surface area contributed by atoms with E-state index in [0.29, 0.717) is 13.0 Å². The van der Waals surface area contributed by atoms with E-state index in [2.05, 4.69) is 0 Å². The fraction of sp³-hybridized carbons (Fsp3) is 0.875. The minimum Gasteiger partial charge on any atom is -0.547 e. The molecule has 0 aromatic rings. The van der Waals surface area contributed by atoms with Crippen molar-refractivity contribution in [2.24, 2.45) is 0 Å². The van der Waals surface area contributed by atoms with Crippen LogP contribution in [0.4, 0.5) is 0 Å². The van der Waals surface area contributed by atoms with Crippen molar-refractivity contribution >= 4 is 5.97 Å². The van der Waals surface area contributed by atoms with Crippen LogP contribution in [-0.4, -0.2) is 18.7 Å². The van der Waals surface area contributed by atoms with Crippen molar-refractivity contribution in [3.63, 3.8) is 0 Å². The zero-order valence-electron chi connectivity index (χ0n) is 8.13. The molecule has 0 radical (unpaired) electrons. The van der Waals surface area contributed by atoms with Gasteiger partial charge < -0.3 is 14.6 Å². The smallest absolute Gasteiger partial charge is 0.547 e. The molecule has 0 saturated carbocycles. The molecule has 0 fully saturated rings. The van der Waals surface area contributed by atoms with Gasteiger partial charge in [-0.2, -0.15) is 0 Å². The summed E-state index contributed by atoms with van der Waals surface area (Å²) < 4.78 is 4.94. The van der Waals surface area contributed by atoms with Gasteiger partial charge in [-0.3, -0.25) is 0 Å². The molecule has 0 heterocycles. The third-order valence-corrected chi connectivity index (χ3v) is 1.45. The van der Waals surface area contributed by atoms with Gasteiger partial charge in [-0.1, -0.05) is 19.8 Å². The van der Waals surface area contributed by atoms with Gasteiger partial charge in [0.25, 0.3) is 0 Å². The molecule has 0 aliphatic heterocycles. The van der Waals surface area contributed by atoms with Crippen LogP contribution in [0.2, 0.25) is 0 Å². The van der Waals surface area contributed by atoms with E-state index in [4.69, 9.17) is 4.74 Å². The number of unbranched alkanes of at least 4 members (excludes halogenated alkanes) is 1. The molecule has 0 amide bonds. The second-order valence-corrected chi connectivity index (χ2v) is 2.41. The number of aliphatic carboxylic acids is 1. The molecule has 0 aliphatic carbocycles. The summed E-state index contributed by atoms with van der Waals surface area (Å²) in [6.07, 6.45) is 1.71. The summed E-state index contributed by atoms with van der Waals surface area (Å²) in [7, 11) is 0. The summed E-state index contributed by atoms with van der Waals surface area (Å²) in [5, 5.41) is 10.4. The van der Waals surface area contributed by atoms with Crippen molar-refractivity contribution in [1.29, 1.82) is 0 Å². The van der Waals surface area contributed by atoms with Crippen LogP contribution in [0.15, 0.2) is 0 Å². The van der Waals surface area contributed by atoms with Gasteiger partial charge in [0.15, 0.2) is 0 Å². The maximum Gasteiger partial charge on any atom is 1.00 e. The van der Waals surface area contributed by atoms with Crippen LogP contribution in [0.3, 0.4) is 0 Å². The fourth-order valence-electron chi connectivity index (χ4n) is 0.860. The number of hydrogen-bond acceptors (Lipinski definition) is 3. The first-order valence-electron chi connectivity index (χ1n) is 4.04. The topological polar surface area (TPSA) is 49.4 Å². The summed E-state index contributed by atoms with van der Waals surface area (Å²) in [4.78, 5) is 10.4. The zero-order valence-corrected chi connectivity index (χ0v) is 11.3. The van der Waals surface area contributed by atoms with Crippen molar-refractivity contribution < 1.29 is 66.0 Å². The molecule has 1 unspecified atom stereocenters. The summed E-state index contributed by atoms with van der Waals surface area (Å²) in [6, 6.07) is 0. The molecule has 0 saturated heterocycles. The second kappa shape index (κ2) is 10.1. The van der Waals surface area contributed by atoms with Gasteiger partial charge in [0.1, 0.15) is 0 Å². The normalized spacial score (nSPS) is 11.8. The molecule has 0 N–H and O–H groups in total. The molecule has 0 aromatic carbocycles. The molecule has 3 nitrogen and oxygen atoms in total. The largest absolute Gasteiger partial charge is 1.00 e. The van der Waals surface area contributed by atoms with E-state index < -0.39 is 12.1 Å². The average molecular weight is 198 g/mol. The fourth-order valence-corrected chi connectivity index (χ4v) is 0.860. The van der Waals surface area contributed by atoms with Gasteiger partial charge in [-0.15, -0.1) is 0 Å². The monoisotopic (exact) mass is 198 g/mol. The van der Waals surface area contributed by atoms with Crippen LogP contribution >= 0.6 is 0 Å². The van der Waals surface area contributed by atoms with E-state index in [1.54, 1.807) is 6.92 Å². The number of carbonyl (C=O) groups is 1. The standard InChI is InChI=1S/C8H16O3.K/c1-3-5-6-7(8(9)10)11-4-2;/h7H,3-6H2,1-2H3,(H,9,10);/q;+1/p-1. The molecular weight excluding hydrogens is 183 g/mol. The molecule has 0 aromatic heterocycles. The van der Waals surface area contributed by atoms with E-state index in [9.17, 15) is 9.90 Å². The van der Waals surface area contributed by atoms with Gasteiger partial charge in [-0.25, -0.2) is 0 Å². The molecule has 0 bridgehead atoms. The molecule has 0 rings (SSSR count). The van der Waals surface area contributed by atoms with Gasteiger partial charge >= 0.3 is 51.4 Å². The minimum atomic E-state index is -1.10. The molecular formula is C8H15KO3. The molecule has 0 aliphatic rings. The van der Waals surface area contributed by atoms with Gasteiger partial charge in [0.2, 0.25) is 0 Å².